The normalized spacial score (nSPS) is 12.1. The number of carbonyl (C=O) groups excluding carboxylic acids is 1. The number of nitriles is 1. The number of nitrogens with one attached hydrogen (secondary N) is 2. The molecule has 0 unspecified atom stereocenters. The van der Waals surface area contributed by atoms with E-state index in [1.165, 1.54) is 11.8 Å². The van der Waals surface area contributed by atoms with Crippen LogP contribution in [0.3, 0.4) is 0 Å². The van der Waals surface area contributed by atoms with Crippen LogP contribution in [0.5, 0.6) is 0 Å². The van der Waals surface area contributed by atoms with Gasteiger partial charge in [0, 0.05) is 5.69 Å². The molecule has 0 atom stereocenters. The van der Waals surface area contributed by atoms with Crippen molar-refractivity contribution in [1.29, 1.82) is 5.26 Å². The Morgan fingerprint density at radius 1 is 1.29 bits per heavy atom. The molecule has 130 valence electrons. The lowest BCUT2D eigenvalue weighted by Crippen LogP contribution is -2.20. The number of hydrogen-bond acceptors (Lipinski definition) is 6. The molecule has 0 saturated carbocycles. The molecule has 24 heavy (non-hydrogen) atoms. The van der Waals surface area contributed by atoms with Crippen molar-refractivity contribution in [1.82, 2.24) is 5.09 Å². The molecule has 6 nitrogen and oxygen atoms in total. The third kappa shape index (κ3) is 6.27. The zero-order chi connectivity index (χ0) is 18.0. The fourth-order valence-corrected chi connectivity index (χ4v) is 5.08. The summed E-state index contributed by atoms with van der Waals surface area (Å²) >= 11 is 6.60. The first kappa shape index (κ1) is 20.7. The maximum atomic E-state index is 12.4. The van der Waals surface area contributed by atoms with Crippen molar-refractivity contribution in [3.8, 4) is 6.07 Å². The van der Waals surface area contributed by atoms with Crippen LogP contribution >= 0.6 is 18.4 Å². The van der Waals surface area contributed by atoms with E-state index in [0.717, 1.165) is 0 Å². The van der Waals surface area contributed by atoms with Crippen molar-refractivity contribution >= 4 is 41.8 Å². The van der Waals surface area contributed by atoms with E-state index in [0.29, 0.717) is 23.9 Å². The lowest BCUT2D eigenvalue weighted by atomic mass is 10.2. The summed E-state index contributed by atoms with van der Waals surface area (Å²) in [6, 6.07) is 10.8. The summed E-state index contributed by atoms with van der Waals surface area (Å²) in [6.45, 7) is 1.53. The summed E-state index contributed by atoms with van der Waals surface area (Å²) in [7, 11) is 0. The maximum absolute atomic E-state index is 12.4. The smallest absolute Gasteiger partial charge is 0.287 e. The fraction of sp³-hybridized carbons (Fsp3) is 0.333. The molecule has 9 heteroatoms. The minimum Gasteiger partial charge on any atom is -0.321 e. The minimum absolute atomic E-state index is 0.0695. The number of carbonyl (C=O) groups is 1. The molecule has 0 heterocycles. The number of nitrogens with zero attached hydrogens (tertiary/aromatic N) is 1. The monoisotopic (exact) mass is 385 g/mol. The van der Waals surface area contributed by atoms with Gasteiger partial charge in [-0.3, -0.25) is 4.79 Å². The molecular weight excluding hydrogens is 365 g/mol. The second-order valence-electron chi connectivity index (χ2n) is 4.29. The van der Waals surface area contributed by atoms with Gasteiger partial charge in [-0.05, 0) is 44.0 Å². The average Bonchev–Trinajstić information content (AvgIpc) is 2.56. The summed E-state index contributed by atoms with van der Waals surface area (Å²) in [5.41, 5.74) is 0.532. The van der Waals surface area contributed by atoms with E-state index in [9.17, 15) is 10.1 Å². The Bertz CT molecular complexity index is 664. The number of anilines is 1. The summed E-state index contributed by atoms with van der Waals surface area (Å²) in [5.74, 6) is -0.518. The van der Waals surface area contributed by atoms with Gasteiger partial charge in [-0.2, -0.15) is 5.26 Å². The largest absolute Gasteiger partial charge is 0.321 e. The molecule has 0 spiro atoms. The van der Waals surface area contributed by atoms with Crippen molar-refractivity contribution in [2.75, 3.05) is 24.8 Å². The molecule has 0 aliphatic heterocycles. The van der Waals surface area contributed by atoms with Crippen molar-refractivity contribution in [2.24, 2.45) is 0 Å². The van der Waals surface area contributed by atoms with Crippen LogP contribution in [-0.4, -0.2) is 25.4 Å². The topological polar surface area (TPSA) is 83.4 Å². The van der Waals surface area contributed by atoms with E-state index < -0.39 is 12.5 Å². The van der Waals surface area contributed by atoms with Gasteiger partial charge in [0.1, 0.15) is 11.6 Å². The minimum atomic E-state index is -2.81. The van der Waals surface area contributed by atoms with Crippen LogP contribution in [0.15, 0.2) is 40.9 Å². The first-order valence-electron chi connectivity index (χ1n) is 7.21. The van der Waals surface area contributed by atoms with Gasteiger partial charge in [0.25, 0.3) is 12.5 Å². The van der Waals surface area contributed by atoms with E-state index in [4.69, 9.17) is 20.9 Å². The highest BCUT2D eigenvalue weighted by Gasteiger charge is 2.23. The summed E-state index contributed by atoms with van der Waals surface area (Å²) < 4.78 is 11.0. The number of thioether (sulfide) groups is 1. The first-order chi connectivity index (χ1) is 11.5. The van der Waals surface area contributed by atoms with Crippen LogP contribution in [-0.2, 0) is 25.6 Å². The quantitative estimate of drug-likeness (QED) is 0.382. The first-order valence-corrected chi connectivity index (χ1v) is 11.1. The van der Waals surface area contributed by atoms with Gasteiger partial charge < -0.3 is 19.5 Å². The highest BCUT2D eigenvalue weighted by Crippen LogP contribution is 2.46. The lowest BCUT2D eigenvalue weighted by Gasteiger charge is -2.24. The number of amides is 1. The van der Waals surface area contributed by atoms with Crippen molar-refractivity contribution in [3.63, 3.8) is 0 Å². The zero-order valence-corrected chi connectivity index (χ0v) is 16.3. The van der Waals surface area contributed by atoms with E-state index in [1.54, 1.807) is 44.4 Å². The Morgan fingerprint density at radius 3 is 2.33 bits per heavy atom. The molecule has 1 aromatic rings. The predicted octanol–water partition coefficient (Wildman–Crippen LogP) is 3.61. The molecule has 0 aromatic heterocycles. The molecular formula is C15H20N3O3PS2. The Balaban J connectivity index is 3.07. The lowest BCUT2D eigenvalue weighted by molar-refractivity contribution is -0.112. The molecule has 0 saturated heterocycles. The molecule has 1 aromatic carbocycles. The molecule has 0 radical (unpaired) electrons. The number of hydrogen-bond donors (Lipinski definition) is 2. The van der Waals surface area contributed by atoms with Crippen LogP contribution in [0.4, 0.5) is 5.69 Å². The van der Waals surface area contributed by atoms with Crippen molar-refractivity contribution in [3.05, 3.63) is 40.9 Å². The van der Waals surface area contributed by atoms with E-state index in [2.05, 4.69) is 10.4 Å². The summed E-state index contributed by atoms with van der Waals surface area (Å²) in [6.07, 6.45) is 1.74. The van der Waals surface area contributed by atoms with Gasteiger partial charge in [-0.25, -0.2) is 0 Å². The van der Waals surface area contributed by atoms with Crippen molar-refractivity contribution < 1.29 is 13.8 Å². The highest BCUT2D eigenvalue weighted by atomic mass is 32.5. The Labute approximate surface area is 151 Å². The molecule has 1 amide bonds. The zero-order valence-electron chi connectivity index (χ0n) is 13.7. The second-order valence-corrected chi connectivity index (χ2v) is 8.28. The Hall–Kier alpha value is -1.36. The molecule has 0 bridgehead atoms. The Morgan fingerprint density at radius 2 is 1.88 bits per heavy atom. The van der Waals surface area contributed by atoms with Gasteiger partial charge in [0.15, 0.2) is 0 Å². The van der Waals surface area contributed by atoms with Crippen molar-refractivity contribution in [2.45, 2.75) is 13.8 Å². The number of rotatable bonds is 9. The maximum Gasteiger partial charge on any atom is 0.287 e. The predicted molar refractivity (Wildman–Crippen MR) is 102 cm³/mol. The number of para-hydroxylation sites is 1. The van der Waals surface area contributed by atoms with Crippen LogP contribution in [0.25, 0.3) is 0 Å². The standard InChI is InChI=1S/C15H20N3O3PS2/c1-4-20-22(23,21-5-2)18-15(24-3)13(11-16)14(19)17-12-9-7-6-8-10-12/h6-10H,4-5H2,1-3H3,(H,17,19)(H,18,23)/b15-13+. The van der Waals surface area contributed by atoms with E-state index in [-0.39, 0.29) is 5.57 Å². The highest BCUT2D eigenvalue weighted by molar-refractivity contribution is 8.10. The van der Waals surface area contributed by atoms with Gasteiger partial charge in [-0.15, -0.1) is 11.8 Å². The van der Waals surface area contributed by atoms with Gasteiger partial charge in [-0.1, -0.05) is 18.2 Å². The van der Waals surface area contributed by atoms with Crippen LogP contribution < -0.4 is 10.4 Å². The molecule has 0 fully saturated rings. The molecule has 0 aliphatic carbocycles. The third-order valence-corrected chi connectivity index (χ3v) is 6.10. The van der Waals surface area contributed by atoms with Crippen LogP contribution in [0.2, 0.25) is 0 Å². The molecule has 1 rings (SSSR count). The SMILES string of the molecule is CCOP(=S)(N/C(SC)=C(/C#N)C(=O)Nc1ccccc1)OCC. The molecule has 2 N–H and O–H groups in total. The van der Waals surface area contributed by atoms with Gasteiger partial charge in [0.05, 0.1) is 18.2 Å². The third-order valence-electron chi connectivity index (χ3n) is 2.64. The van der Waals surface area contributed by atoms with Gasteiger partial charge in [0.2, 0.25) is 0 Å². The van der Waals surface area contributed by atoms with E-state index >= 15 is 0 Å². The Kier molecular flexibility index (Phi) is 9.04. The average molecular weight is 385 g/mol. The van der Waals surface area contributed by atoms with Crippen LogP contribution in [0, 0.1) is 11.3 Å². The fourth-order valence-electron chi connectivity index (χ4n) is 1.69. The molecule has 0 aliphatic rings. The summed E-state index contributed by atoms with van der Waals surface area (Å²) in [4.78, 5) is 12.4. The van der Waals surface area contributed by atoms with E-state index in [1.807, 2.05) is 12.1 Å². The number of benzene rings is 1. The second kappa shape index (κ2) is 10.5. The van der Waals surface area contributed by atoms with Crippen LogP contribution in [0.1, 0.15) is 13.8 Å². The summed E-state index contributed by atoms with van der Waals surface area (Å²) in [5, 5.41) is 15.4. The van der Waals surface area contributed by atoms with Gasteiger partial charge >= 0.3 is 0 Å².